The number of hydrogen-bond donors (Lipinski definition) is 3. The Labute approximate surface area is 167 Å². The first kappa shape index (κ1) is 23.4. The van der Waals surface area contributed by atoms with Crippen LogP contribution >= 0.6 is 24.0 Å². The molecule has 0 spiro atoms. The summed E-state index contributed by atoms with van der Waals surface area (Å²) in [6.07, 6.45) is 0.831. The molecule has 0 fully saturated rings. The Morgan fingerprint density at radius 3 is 2.56 bits per heavy atom. The van der Waals surface area contributed by atoms with E-state index < -0.39 is 0 Å². The highest BCUT2D eigenvalue weighted by atomic mass is 127. The number of nitrogens with one attached hydrogen (secondary N) is 3. The van der Waals surface area contributed by atoms with Gasteiger partial charge in [-0.15, -0.1) is 24.0 Å². The fourth-order valence-electron chi connectivity index (χ4n) is 2.08. The molecule has 1 aromatic carbocycles. The summed E-state index contributed by atoms with van der Waals surface area (Å²) in [5.41, 5.74) is 2.30. The maximum absolute atomic E-state index is 11.6. The molecule has 0 unspecified atom stereocenters. The van der Waals surface area contributed by atoms with Crippen molar-refractivity contribution in [2.75, 3.05) is 47.5 Å². The van der Waals surface area contributed by atoms with E-state index in [1.807, 2.05) is 19.1 Å². The van der Waals surface area contributed by atoms with Gasteiger partial charge in [0.05, 0.1) is 20.3 Å². The molecule has 0 aliphatic heterocycles. The summed E-state index contributed by atoms with van der Waals surface area (Å²) >= 11 is 0. The molecule has 0 radical (unpaired) electrons. The number of amides is 1. The van der Waals surface area contributed by atoms with Gasteiger partial charge >= 0.3 is 0 Å². The average Bonchev–Trinajstić information content (AvgIpc) is 2.59. The van der Waals surface area contributed by atoms with Crippen LogP contribution in [0.2, 0.25) is 0 Å². The van der Waals surface area contributed by atoms with E-state index in [-0.39, 0.29) is 36.4 Å². The van der Waals surface area contributed by atoms with Crippen LogP contribution in [-0.2, 0) is 16.0 Å². The second-order valence-electron chi connectivity index (χ2n) is 5.25. The largest absolute Gasteiger partial charge is 0.496 e. The van der Waals surface area contributed by atoms with Gasteiger partial charge in [0.25, 0.3) is 0 Å². The highest BCUT2D eigenvalue weighted by Crippen LogP contribution is 2.18. The van der Waals surface area contributed by atoms with Gasteiger partial charge in [0.2, 0.25) is 5.91 Å². The topological polar surface area (TPSA) is 84.0 Å². The molecule has 0 bridgehead atoms. The molecule has 0 aliphatic carbocycles. The maximum atomic E-state index is 11.6. The third-order valence-corrected chi connectivity index (χ3v) is 3.45. The van der Waals surface area contributed by atoms with E-state index in [2.05, 4.69) is 27.0 Å². The number of aryl methyl sites for hydroxylation is 1. The van der Waals surface area contributed by atoms with Gasteiger partial charge in [-0.3, -0.25) is 9.79 Å². The summed E-state index contributed by atoms with van der Waals surface area (Å²) in [4.78, 5) is 15.7. The molecule has 0 atom stereocenters. The zero-order valence-electron chi connectivity index (χ0n) is 15.3. The van der Waals surface area contributed by atoms with E-state index in [4.69, 9.17) is 9.47 Å². The van der Waals surface area contributed by atoms with Crippen molar-refractivity contribution in [3.05, 3.63) is 29.3 Å². The number of carbonyl (C=O) groups is 1. The van der Waals surface area contributed by atoms with Crippen LogP contribution in [0.5, 0.6) is 5.75 Å². The number of nitrogens with zero attached hydrogens (tertiary/aromatic N) is 1. The van der Waals surface area contributed by atoms with Crippen molar-refractivity contribution in [3.63, 3.8) is 0 Å². The molecule has 0 saturated heterocycles. The van der Waals surface area contributed by atoms with Crippen LogP contribution in [0.15, 0.2) is 23.2 Å². The molecule has 7 nitrogen and oxygen atoms in total. The predicted octanol–water partition coefficient (Wildman–Crippen LogP) is 1.09. The first-order chi connectivity index (χ1) is 11.6. The Kier molecular flexibility index (Phi) is 12.9. The minimum absolute atomic E-state index is 0. The number of methoxy groups -OCH3 is 2. The normalized spacial score (nSPS) is 10.6. The van der Waals surface area contributed by atoms with Crippen molar-refractivity contribution in [1.82, 2.24) is 16.0 Å². The molecular weight excluding hydrogens is 435 g/mol. The van der Waals surface area contributed by atoms with Gasteiger partial charge in [-0.25, -0.2) is 0 Å². The quantitative estimate of drug-likeness (QED) is 0.221. The lowest BCUT2D eigenvalue weighted by molar-refractivity contribution is -0.120. The van der Waals surface area contributed by atoms with Crippen molar-refractivity contribution < 1.29 is 14.3 Å². The third-order valence-electron chi connectivity index (χ3n) is 3.45. The van der Waals surface area contributed by atoms with E-state index in [9.17, 15) is 4.79 Å². The van der Waals surface area contributed by atoms with Crippen LogP contribution in [0.25, 0.3) is 0 Å². The molecule has 0 saturated carbocycles. The number of hydrogen-bond acceptors (Lipinski definition) is 4. The van der Waals surface area contributed by atoms with Crippen LogP contribution in [0.4, 0.5) is 0 Å². The minimum atomic E-state index is -0.0988. The predicted molar refractivity (Wildman–Crippen MR) is 111 cm³/mol. The van der Waals surface area contributed by atoms with E-state index in [0.29, 0.717) is 25.7 Å². The SMILES string of the molecule is CN=C(NCCc1ccc(C)c(OC)c1)NCC(=O)NCCOC.I. The summed E-state index contributed by atoms with van der Waals surface area (Å²) in [7, 11) is 4.95. The van der Waals surface area contributed by atoms with Crippen molar-refractivity contribution in [1.29, 1.82) is 0 Å². The molecule has 25 heavy (non-hydrogen) atoms. The molecule has 0 aromatic heterocycles. The zero-order valence-corrected chi connectivity index (χ0v) is 17.7. The molecule has 0 aliphatic rings. The number of benzene rings is 1. The second kappa shape index (κ2) is 13.7. The van der Waals surface area contributed by atoms with Gasteiger partial charge in [-0.1, -0.05) is 12.1 Å². The van der Waals surface area contributed by atoms with Crippen LogP contribution in [-0.4, -0.2) is 59.4 Å². The first-order valence-corrected chi connectivity index (χ1v) is 7.94. The highest BCUT2D eigenvalue weighted by Gasteiger charge is 2.04. The van der Waals surface area contributed by atoms with E-state index in [1.165, 1.54) is 5.56 Å². The van der Waals surface area contributed by atoms with Gasteiger partial charge in [-0.2, -0.15) is 0 Å². The van der Waals surface area contributed by atoms with Gasteiger partial charge in [-0.05, 0) is 30.5 Å². The second-order valence-corrected chi connectivity index (χ2v) is 5.25. The summed E-state index contributed by atoms with van der Waals surface area (Å²) in [5.74, 6) is 1.39. The molecule has 142 valence electrons. The third kappa shape index (κ3) is 9.49. The Morgan fingerprint density at radius 1 is 1.16 bits per heavy atom. The lowest BCUT2D eigenvalue weighted by atomic mass is 10.1. The summed E-state index contributed by atoms with van der Waals surface area (Å²) in [6.45, 7) is 3.89. The van der Waals surface area contributed by atoms with Gasteiger partial charge in [0, 0.05) is 27.2 Å². The van der Waals surface area contributed by atoms with Crippen molar-refractivity contribution in [2.45, 2.75) is 13.3 Å². The zero-order chi connectivity index (χ0) is 17.8. The molecular formula is C17H29IN4O3. The van der Waals surface area contributed by atoms with Crippen molar-refractivity contribution in [3.8, 4) is 5.75 Å². The average molecular weight is 464 g/mol. The lowest BCUT2D eigenvalue weighted by Crippen LogP contribution is -2.44. The fraction of sp³-hybridized carbons (Fsp3) is 0.529. The maximum Gasteiger partial charge on any atom is 0.239 e. The molecule has 8 heteroatoms. The number of ether oxygens (including phenoxy) is 2. The van der Waals surface area contributed by atoms with Crippen LogP contribution in [0.1, 0.15) is 11.1 Å². The number of carbonyl (C=O) groups excluding carboxylic acids is 1. The first-order valence-electron chi connectivity index (χ1n) is 7.94. The van der Waals surface area contributed by atoms with Crippen LogP contribution in [0, 0.1) is 6.92 Å². The van der Waals surface area contributed by atoms with E-state index >= 15 is 0 Å². The molecule has 1 amide bonds. The minimum Gasteiger partial charge on any atom is -0.496 e. The lowest BCUT2D eigenvalue weighted by Gasteiger charge is -2.12. The van der Waals surface area contributed by atoms with Crippen LogP contribution < -0.4 is 20.7 Å². The molecule has 0 heterocycles. The van der Waals surface area contributed by atoms with E-state index in [1.54, 1.807) is 21.3 Å². The number of aliphatic imine (C=N–C) groups is 1. The number of halogens is 1. The van der Waals surface area contributed by atoms with Crippen LogP contribution in [0.3, 0.4) is 0 Å². The highest BCUT2D eigenvalue weighted by molar-refractivity contribution is 14.0. The Balaban J connectivity index is 0.00000576. The standard InChI is InChI=1S/C17H28N4O3.HI/c1-13-5-6-14(11-15(13)24-4)7-8-20-17(18-2)21-12-16(22)19-9-10-23-3;/h5-6,11H,7-10,12H2,1-4H3,(H,19,22)(H2,18,20,21);1H. The molecule has 1 rings (SSSR count). The smallest absolute Gasteiger partial charge is 0.239 e. The Hall–Kier alpha value is -1.55. The van der Waals surface area contributed by atoms with Crippen molar-refractivity contribution >= 4 is 35.8 Å². The monoisotopic (exact) mass is 464 g/mol. The van der Waals surface area contributed by atoms with E-state index in [0.717, 1.165) is 17.7 Å². The van der Waals surface area contributed by atoms with Gasteiger partial charge < -0.3 is 25.4 Å². The van der Waals surface area contributed by atoms with Gasteiger partial charge in [0.15, 0.2) is 5.96 Å². The Morgan fingerprint density at radius 2 is 1.92 bits per heavy atom. The fourth-order valence-corrected chi connectivity index (χ4v) is 2.08. The number of guanidine groups is 1. The summed E-state index contributed by atoms with van der Waals surface area (Å²) < 4.78 is 10.2. The summed E-state index contributed by atoms with van der Waals surface area (Å²) in [6, 6.07) is 6.17. The molecule has 1 aromatic rings. The summed E-state index contributed by atoms with van der Waals surface area (Å²) in [5, 5.41) is 8.90. The molecule has 3 N–H and O–H groups in total. The Bertz CT molecular complexity index is 553. The van der Waals surface area contributed by atoms with Crippen molar-refractivity contribution in [2.24, 2.45) is 4.99 Å². The van der Waals surface area contributed by atoms with Gasteiger partial charge in [0.1, 0.15) is 5.75 Å². The number of rotatable bonds is 9.